The number of amides is 3. The third-order valence-corrected chi connectivity index (χ3v) is 5.66. The highest BCUT2D eigenvalue weighted by atomic mass is 35.5. The number of aromatic nitrogens is 1. The van der Waals surface area contributed by atoms with Crippen LogP contribution in [0.25, 0.3) is 0 Å². The Morgan fingerprint density at radius 2 is 1.77 bits per heavy atom. The summed E-state index contributed by atoms with van der Waals surface area (Å²) in [7, 11) is 0. The van der Waals surface area contributed by atoms with Gasteiger partial charge in [-0.15, -0.1) is 0 Å². The summed E-state index contributed by atoms with van der Waals surface area (Å²) in [5.74, 6) is -1.78. The van der Waals surface area contributed by atoms with Crippen LogP contribution in [0, 0.1) is 0 Å². The maximum Gasteiger partial charge on any atom is 0.272 e. The van der Waals surface area contributed by atoms with Crippen LogP contribution in [0.15, 0.2) is 54.6 Å². The van der Waals surface area contributed by atoms with Crippen LogP contribution in [0.5, 0.6) is 0 Å². The fraction of sp³-hybridized carbons (Fsp3) is 0.143. The summed E-state index contributed by atoms with van der Waals surface area (Å²) in [5, 5.41) is 3.31. The van der Waals surface area contributed by atoms with Gasteiger partial charge in [-0.25, -0.2) is 0 Å². The second-order valence-corrected chi connectivity index (χ2v) is 7.88. The summed E-state index contributed by atoms with van der Waals surface area (Å²) >= 11 is 6.73. The molecule has 3 amide bonds. The van der Waals surface area contributed by atoms with Gasteiger partial charge in [0.25, 0.3) is 11.8 Å². The van der Waals surface area contributed by atoms with Gasteiger partial charge in [0.2, 0.25) is 5.91 Å². The molecule has 0 aliphatic carbocycles. The lowest BCUT2D eigenvalue weighted by Gasteiger charge is -2.28. The van der Waals surface area contributed by atoms with Crippen molar-refractivity contribution in [3.8, 4) is 0 Å². The van der Waals surface area contributed by atoms with Gasteiger partial charge in [-0.2, -0.15) is 4.37 Å². The Balaban J connectivity index is 1.90. The molecule has 3 aromatic rings. The van der Waals surface area contributed by atoms with Gasteiger partial charge in [0.05, 0.1) is 5.69 Å². The van der Waals surface area contributed by atoms with Crippen molar-refractivity contribution in [2.75, 3.05) is 10.6 Å². The molecule has 0 radical (unpaired) electrons. The number of nitrogens with one attached hydrogen (secondary N) is 1. The predicted octanol–water partition coefficient (Wildman–Crippen LogP) is 2.83. The zero-order chi connectivity index (χ0) is 22.5. The maximum atomic E-state index is 13.4. The summed E-state index contributed by atoms with van der Waals surface area (Å²) in [4.78, 5) is 39.0. The van der Waals surface area contributed by atoms with E-state index in [2.05, 4.69) is 9.69 Å². The van der Waals surface area contributed by atoms with E-state index in [-0.39, 0.29) is 22.2 Å². The smallest absolute Gasteiger partial charge is 0.272 e. The van der Waals surface area contributed by atoms with Gasteiger partial charge in [-0.3, -0.25) is 19.3 Å². The summed E-state index contributed by atoms with van der Waals surface area (Å²) in [5.41, 5.74) is 12.3. The lowest BCUT2D eigenvalue weighted by Crippen LogP contribution is -2.48. The number of hydrogen-bond acceptors (Lipinski definition) is 6. The van der Waals surface area contributed by atoms with Crippen LogP contribution in [0.4, 0.5) is 11.4 Å². The highest BCUT2D eigenvalue weighted by Crippen LogP contribution is 2.28. The highest BCUT2D eigenvalue weighted by molar-refractivity contribution is 7.09. The fourth-order valence-electron chi connectivity index (χ4n) is 2.91. The van der Waals surface area contributed by atoms with E-state index >= 15 is 0 Å². The van der Waals surface area contributed by atoms with E-state index in [4.69, 9.17) is 23.1 Å². The molecular weight excluding hydrogens is 438 g/mol. The van der Waals surface area contributed by atoms with Crippen molar-refractivity contribution >= 4 is 52.2 Å². The first-order valence-corrected chi connectivity index (χ1v) is 10.4. The Labute approximate surface area is 188 Å². The van der Waals surface area contributed by atoms with Crippen molar-refractivity contribution in [3.05, 3.63) is 75.8 Å². The molecule has 1 atom stereocenters. The minimum Gasteiger partial charge on any atom is -0.395 e. The minimum atomic E-state index is -0.893. The molecule has 0 fully saturated rings. The van der Waals surface area contributed by atoms with Gasteiger partial charge in [0, 0.05) is 17.3 Å². The van der Waals surface area contributed by atoms with Gasteiger partial charge in [0.15, 0.2) is 5.69 Å². The van der Waals surface area contributed by atoms with Crippen LogP contribution < -0.4 is 21.7 Å². The Kier molecular flexibility index (Phi) is 6.88. The zero-order valence-corrected chi connectivity index (χ0v) is 18.1. The highest BCUT2D eigenvalue weighted by Gasteiger charge is 2.32. The molecular formula is C21H20ClN5O3S. The first kappa shape index (κ1) is 22.3. The van der Waals surface area contributed by atoms with Crippen LogP contribution in [-0.2, 0) is 11.3 Å². The van der Waals surface area contributed by atoms with Gasteiger partial charge in [0.1, 0.15) is 10.9 Å². The van der Waals surface area contributed by atoms with E-state index in [0.29, 0.717) is 17.3 Å². The van der Waals surface area contributed by atoms with Crippen LogP contribution in [0.3, 0.4) is 0 Å². The van der Waals surface area contributed by atoms with E-state index in [1.807, 2.05) is 30.3 Å². The molecule has 0 bridgehead atoms. The molecule has 10 heteroatoms. The quantitative estimate of drug-likeness (QED) is 0.502. The third-order valence-electron chi connectivity index (χ3n) is 4.56. The maximum absolute atomic E-state index is 13.4. The predicted molar refractivity (Wildman–Crippen MR) is 121 cm³/mol. The average Bonchev–Trinajstić information content (AvgIpc) is 3.15. The number of anilines is 2. The van der Waals surface area contributed by atoms with Crippen molar-refractivity contribution in [2.45, 2.75) is 19.5 Å². The van der Waals surface area contributed by atoms with Crippen LogP contribution >= 0.6 is 23.1 Å². The molecule has 0 unspecified atom stereocenters. The van der Waals surface area contributed by atoms with Crippen molar-refractivity contribution in [1.29, 1.82) is 0 Å². The fourth-order valence-corrected chi connectivity index (χ4v) is 3.78. The second-order valence-electron chi connectivity index (χ2n) is 6.67. The van der Waals surface area contributed by atoms with E-state index in [0.717, 1.165) is 17.1 Å². The van der Waals surface area contributed by atoms with Crippen LogP contribution in [-0.4, -0.2) is 28.1 Å². The van der Waals surface area contributed by atoms with Crippen molar-refractivity contribution in [3.63, 3.8) is 0 Å². The van der Waals surface area contributed by atoms with Crippen molar-refractivity contribution in [1.82, 2.24) is 9.69 Å². The Morgan fingerprint density at radius 1 is 1.13 bits per heavy atom. The first-order chi connectivity index (χ1) is 14.8. The van der Waals surface area contributed by atoms with E-state index in [1.165, 1.54) is 4.90 Å². The van der Waals surface area contributed by atoms with Gasteiger partial charge in [-0.1, -0.05) is 41.9 Å². The molecule has 5 N–H and O–H groups in total. The summed E-state index contributed by atoms with van der Waals surface area (Å²) in [6.07, 6.45) is 0. The summed E-state index contributed by atoms with van der Waals surface area (Å²) in [6.45, 7) is 1.90. The summed E-state index contributed by atoms with van der Waals surface area (Å²) < 4.78 is 3.88. The van der Waals surface area contributed by atoms with E-state index < -0.39 is 17.9 Å². The molecule has 31 heavy (non-hydrogen) atoms. The normalized spacial score (nSPS) is 11.5. The van der Waals surface area contributed by atoms with Gasteiger partial charge in [-0.05, 0) is 48.3 Å². The molecule has 0 aliphatic heterocycles. The number of rotatable bonds is 7. The van der Waals surface area contributed by atoms with Gasteiger partial charge < -0.3 is 16.8 Å². The van der Waals surface area contributed by atoms with E-state index in [9.17, 15) is 14.4 Å². The van der Waals surface area contributed by atoms with Gasteiger partial charge >= 0.3 is 0 Å². The monoisotopic (exact) mass is 457 g/mol. The number of benzene rings is 2. The van der Waals surface area contributed by atoms with Crippen molar-refractivity contribution in [2.24, 2.45) is 5.73 Å². The molecule has 160 valence electrons. The largest absolute Gasteiger partial charge is 0.395 e. The number of carbonyl (C=O) groups is 3. The zero-order valence-electron chi connectivity index (χ0n) is 16.5. The number of nitrogens with zero attached hydrogens (tertiary/aromatic N) is 2. The second kappa shape index (κ2) is 9.59. The number of nitrogen functional groups attached to an aromatic ring is 1. The molecule has 0 spiro atoms. The van der Waals surface area contributed by atoms with Crippen LogP contribution in [0.1, 0.15) is 32.6 Å². The third kappa shape index (κ3) is 5.01. The topological polar surface area (TPSA) is 131 Å². The Morgan fingerprint density at radius 3 is 2.35 bits per heavy atom. The SMILES string of the molecule is C[C@H](C(=O)NCc1ccccc1)N(C(=O)c1snc(C(N)=O)c1N)c1ccc(Cl)cc1. The number of nitrogens with two attached hydrogens (primary N) is 2. The lowest BCUT2D eigenvalue weighted by atomic mass is 10.1. The molecule has 1 heterocycles. The molecule has 0 saturated heterocycles. The van der Waals surface area contributed by atoms with Crippen LogP contribution in [0.2, 0.25) is 5.02 Å². The van der Waals surface area contributed by atoms with E-state index in [1.54, 1.807) is 31.2 Å². The number of primary amides is 1. The number of halogens is 1. The first-order valence-electron chi connectivity index (χ1n) is 9.25. The standard InChI is InChI=1S/C21H20ClN5O3S/c1-12(20(29)25-11-13-5-3-2-4-6-13)27(15-9-7-14(22)8-10-15)21(30)18-16(23)17(19(24)28)26-31-18/h2-10,12H,11,23H2,1H3,(H2,24,28)(H,25,29)/t12-/m1/s1. The number of carbonyl (C=O) groups excluding carboxylic acids is 3. The molecule has 2 aromatic carbocycles. The molecule has 1 aromatic heterocycles. The van der Waals surface area contributed by atoms with Crippen molar-refractivity contribution < 1.29 is 14.4 Å². The number of hydrogen-bond donors (Lipinski definition) is 3. The molecule has 3 rings (SSSR count). The average molecular weight is 458 g/mol. The lowest BCUT2D eigenvalue weighted by molar-refractivity contribution is -0.122. The molecule has 0 saturated carbocycles. The Bertz CT molecular complexity index is 1100. The Hall–Kier alpha value is -3.43. The molecule has 8 nitrogen and oxygen atoms in total. The summed E-state index contributed by atoms with van der Waals surface area (Å²) in [6, 6.07) is 15.0. The minimum absolute atomic E-state index is 0.0199. The molecule has 0 aliphatic rings.